The minimum Gasteiger partial charge on any atom is -0.507 e. The lowest BCUT2D eigenvalue weighted by molar-refractivity contribution is -0.593. The van der Waals surface area contributed by atoms with Crippen molar-refractivity contribution in [3.63, 3.8) is 0 Å². The van der Waals surface area contributed by atoms with E-state index < -0.39 is 0 Å². The number of nitrogens with zero attached hydrogens (tertiary/aromatic N) is 2. The molecule has 126 valence electrons. The Bertz CT molecular complexity index is 1040. The van der Waals surface area contributed by atoms with E-state index in [1.807, 2.05) is 60.7 Å². The predicted octanol–water partition coefficient (Wildman–Crippen LogP) is 4.71. The van der Waals surface area contributed by atoms with Gasteiger partial charge in [0.15, 0.2) is 5.69 Å². The maximum Gasteiger partial charge on any atom is 0.336 e. The first kappa shape index (κ1) is 16.0. The smallest absolute Gasteiger partial charge is 0.336 e. The third kappa shape index (κ3) is 2.95. The molecule has 0 aliphatic rings. The standard InChI is InChI=1S/C23H18N2O/c1-17-16-21(20-14-8-9-15-22(20)26)24-23(18-10-4-2-5-11-18)25(17)19-12-6-3-7-13-19/h2-16H,1H3/p+1. The average Bonchev–Trinajstić information content (AvgIpc) is 2.69. The van der Waals surface area contributed by atoms with Crippen molar-refractivity contribution in [1.82, 2.24) is 4.98 Å². The minimum atomic E-state index is 0.232. The van der Waals surface area contributed by atoms with Crippen molar-refractivity contribution in [2.24, 2.45) is 0 Å². The first-order valence-electron chi connectivity index (χ1n) is 8.57. The normalized spacial score (nSPS) is 10.7. The van der Waals surface area contributed by atoms with Crippen LogP contribution in [0.4, 0.5) is 0 Å². The minimum absolute atomic E-state index is 0.232. The van der Waals surface area contributed by atoms with Gasteiger partial charge < -0.3 is 5.11 Å². The lowest BCUT2D eigenvalue weighted by Gasteiger charge is -2.10. The van der Waals surface area contributed by atoms with Crippen molar-refractivity contribution in [1.29, 1.82) is 0 Å². The number of aromatic hydroxyl groups is 1. The van der Waals surface area contributed by atoms with Gasteiger partial charge in [0, 0.05) is 6.07 Å². The van der Waals surface area contributed by atoms with Gasteiger partial charge in [-0.3, -0.25) is 0 Å². The number of phenolic OH excluding ortho intramolecular Hbond substituents is 1. The van der Waals surface area contributed by atoms with E-state index in [2.05, 4.69) is 35.8 Å². The molecule has 1 heterocycles. The molecule has 0 bridgehead atoms. The molecule has 0 saturated carbocycles. The molecule has 3 heteroatoms. The molecular weight excluding hydrogens is 320 g/mol. The van der Waals surface area contributed by atoms with Gasteiger partial charge in [0.2, 0.25) is 0 Å². The maximum atomic E-state index is 10.3. The monoisotopic (exact) mass is 339 g/mol. The number of hydrogen-bond acceptors (Lipinski definition) is 2. The number of phenols is 1. The number of rotatable bonds is 3. The summed E-state index contributed by atoms with van der Waals surface area (Å²) < 4.78 is 2.14. The Morgan fingerprint density at radius 3 is 2.08 bits per heavy atom. The molecule has 0 spiro atoms. The van der Waals surface area contributed by atoms with Gasteiger partial charge in [0.1, 0.15) is 17.1 Å². The van der Waals surface area contributed by atoms with Crippen molar-refractivity contribution in [2.75, 3.05) is 0 Å². The zero-order valence-electron chi connectivity index (χ0n) is 14.5. The van der Waals surface area contributed by atoms with Crippen LogP contribution >= 0.6 is 0 Å². The molecule has 0 unspecified atom stereocenters. The Balaban J connectivity index is 2.00. The van der Waals surface area contributed by atoms with Crippen LogP contribution in [0.3, 0.4) is 0 Å². The number of para-hydroxylation sites is 2. The number of aryl methyl sites for hydroxylation is 1. The van der Waals surface area contributed by atoms with E-state index >= 15 is 0 Å². The Hall–Kier alpha value is -3.46. The van der Waals surface area contributed by atoms with Crippen LogP contribution in [0.25, 0.3) is 28.3 Å². The Morgan fingerprint density at radius 2 is 1.38 bits per heavy atom. The van der Waals surface area contributed by atoms with Crippen molar-refractivity contribution in [3.05, 3.63) is 96.7 Å². The van der Waals surface area contributed by atoms with Gasteiger partial charge in [-0.1, -0.05) is 48.5 Å². The summed E-state index contributed by atoms with van der Waals surface area (Å²) in [4.78, 5) is 4.91. The molecule has 3 aromatic carbocycles. The lowest BCUT2D eigenvalue weighted by atomic mass is 10.1. The van der Waals surface area contributed by atoms with Crippen LogP contribution in [0, 0.1) is 6.92 Å². The number of aromatic nitrogens is 2. The molecule has 26 heavy (non-hydrogen) atoms. The second-order valence-electron chi connectivity index (χ2n) is 6.16. The van der Waals surface area contributed by atoms with Crippen molar-refractivity contribution >= 4 is 0 Å². The quantitative estimate of drug-likeness (QED) is 0.549. The molecule has 1 N–H and O–H groups in total. The summed E-state index contributed by atoms with van der Waals surface area (Å²) in [5.74, 6) is 1.07. The van der Waals surface area contributed by atoms with Gasteiger partial charge in [-0.15, -0.1) is 0 Å². The molecule has 0 aliphatic carbocycles. The van der Waals surface area contributed by atoms with Crippen molar-refractivity contribution < 1.29 is 9.67 Å². The molecule has 3 nitrogen and oxygen atoms in total. The van der Waals surface area contributed by atoms with Crippen LogP contribution in [0.5, 0.6) is 5.75 Å². The van der Waals surface area contributed by atoms with Crippen LogP contribution in [0.1, 0.15) is 5.69 Å². The van der Waals surface area contributed by atoms with Crippen LogP contribution < -0.4 is 4.57 Å². The Kier molecular flexibility index (Phi) is 4.20. The molecule has 0 aliphatic heterocycles. The summed E-state index contributed by atoms with van der Waals surface area (Å²) in [6.45, 7) is 2.06. The van der Waals surface area contributed by atoms with E-state index in [4.69, 9.17) is 4.98 Å². The highest BCUT2D eigenvalue weighted by molar-refractivity contribution is 5.68. The first-order valence-corrected chi connectivity index (χ1v) is 8.57. The third-order valence-corrected chi connectivity index (χ3v) is 4.36. The van der Waals surface area contributed by atoms with Gasteiger partial charge in [0.05, 0.1) is 11.1 Å². The summed E-state index contributed by atoms with van der Waals surface area (Å²) in [5.41, 5.74) is 4.61. The number of benzene rings is 3. The fourth-order valence-corrected chi connectivity index (χ4v) is 3.14. The highest BCUT2D eigenvalue weighted by Crippen LogP contribution is 2.29. The molecule has 1 aromatic heterocycles. The third-order valence-electron chi connectivity index (χ3n) is 4.36. The molecule has 0 fully saturated rings. The number of hydrogen-bond donors (Lipinski definition) is 1. The van der Waals surface area contributed by atoms with E-state index in [1.165, 1.54) is 0 Å². The van der Waals surface area contributed by atoms with E-state index in [0.717, 1.165) is 34.0 Å². The predicted molar refractivity (Wildman–Crippen MR) is 103 cm³/mol. The van der Waals surface area contributed by atoms with E-state index in [9.17, 15) is 5.11 Å². The summed E-state index contributed by atoms with van der Waals surface area (Å²) in [6, 6.07) is 29.6. The van der Waals surface area contributed by atoms with Crippen LogP contribution in [-0.4, -0.2) is 10.1 Å². The second kappa shape index (κ2) is 6.81. The molecule has 4 aromatic rings. The molecule has 4 rings (SSSR count). The summed E-state index contributed by atoms with van der Waals surface area (Å²) in [7, 11) is 0. The second-order valence-corrected chi connectivity index (χ2v) is 6.16. The highest BCUT2D eigenvalue weighted by Gasteiger charge is 2.23. The molecule has 0 saturated heterocycles. The fraction of sp³-hybridized carbons (Fsp3) is 0.0435. The van der Waals surface area contributed by atoms with Crippen LogP contribution in [0.15, 0.2) is 91.0 Å². The SMILES string of the molecule is Cc1cc(-c2ccccc2O)nc(-c2ccccc2)[n+]1-c1ccccc1. The summed E-state index contributed by atoms with van der Waals surface area (Å²) in [5, 5.41) is 10.3. The zero-order valence-corrected chi connectivity index (χ0v) is 14.5. The molecular formula is C23H19N2O+. The molecule has 0 amide bonds. The maximum absolute atomic E-state index is 10.3. The van der Waals surface area contributed by atoms with Gasteiger partial charge in [-0.2, -0.15) is 4.57 Å². The first-order chi connectivity index (χ1) is 12.7. The molecule has 0 atom stereocenters. The summed E-state index contributed by atoms with van der Waals surface area (Å²) in [6.07, 6.45) is 0. The largest absolute Gasteiger partial charge is 0.507 e. The highest BCUT2D eigenvalue weighted by atomic mass is 16.3. The Morgan fingerprint density at radius 1 is 0.769 bits per heavy atom. The fourth-order valence-electron chi connectivity index (χ4n) is 3.14. The summed E-state index contributed by atoms with van der Waals surface area (Å²) >= 11 is 0. The van der Waals surface area contributed by atoms with Crippen LogP contribution in [0.2, 0.25) is 0 Å². The topological polar surface area (TPSA) is 37.0 Å². The average molecular weight is 339 g/mol. The van der Waals surface area contributed by atoms with Crippen LogP contribution in [-0.2, 0) is 0 Å². The van der Waals surface area contributed by atoms with Gasteiger partial charge in [-0.25, -0.2) is 0 Å². The van der Waals surface area contributed by atoms with Gasteiger partial charge >= 0.3 is 5.82 Å². The Labute approximate surface area is 152 Å². The van der Waals surface area contributed by atoms with Crippen molar-refractivity contribution in [3.8, 4) is 34.1 Å². The van der Waals surface area contributed by atoms with E-state index in [-0.39, 0.29) is 5.75 Å². The zero-order chi connectivity index (χ0) is 17.9. The van der Waals surface area contributed by atoms with E-state index in [1.54, 1.807) is 6.07 Å². The molecule has 0 radical (unpaired) electrons. The van der Waals surface area contributed by atoms with Gasteiger partial charge in [-0.05, 0) is 48.3 Å². The van der Waals surface area contributed by atoms with Crippen molar-refractivity contribution in [2.45, 2.75) is 6.92 Å². The lowest BCUT2D eigenvalue weighted by Crippen LogP contribution is -2.38. The van der Waals surface area contributed by atoms with E-state index in [0.29, 0.717) is 0 Å². The van der Waals surface area contributed by atoms with Gasteiger partial charge in [0.25, 0.3) is 0 Å².